The predicted molar refractivity (Wildman–Crippen MR) is 177 cm³/mol. The Balaban J connectivity index is 0.000000429. The van der Waals surface area contributed by atoms with Gasteiger partial charge in [0.1, 0.15) is 17.9 Å². The van der Waals surface area contributed by atoms with Gasteiger partial charge in [-0.2, -0.15) is 0 Å². The lowest BCUT2D eigenvalue weighted by Gasteiger charge is -2.26. The van der Waals surface area contributed by atoms with Gasteiger partial charge in [0, 0.05) is 12.1 Å². The minimum atomic E-state index is -0.474. The number of hydrogen-bond acceptors (Lipinski definition) is 8. The summed E-state index contributed by atoms with van der Waals surface area (Å²) < 4.78 is 10.2. The molecule has 1 aliphatic carbocycles. The van der Waals surface area contributed by atoms with Crippen LogP contribution in [0.2, 0.25) is 0 Å². The maximum Gasteiger partial charge on any atom is 0.240 e. The molecule has 2 aliphatic heterocycles. The molecule has 3 unspecified atom stereocenters. The summed E-state index contributed by atoms with van der Waals surface area (Å²) in [6, 6.07) is 6.70. The van der Waals surface area contributed by atoms with E-state index in [2.05, 4.69) is 34.8 Å². The molecule has 10 heteroatoms. The quantitative estimate of drug-likeness (QED) is 0.0786. The third kappa shape index (κ3) is 14.4. The van der Waals surface area contributed by atoms with Crippen molar-refractivity contribution in [2.45, 2.75) is 83.4 Å². The van der Waals surface area contributed by atoms with Gasteiger partial charge in [0.05, 0.1) is 26.0 Å². The number of rotatable bonds is 14. The number of ether oxygens (including phenoxy) is 2. The molecule has 2 saturated heterocycles. The molecule has 0 bridgehead atoms. The molecular weight excluding hydrogens is 558 g/mol. The number of epoxide rings is 1. The van der Waals surface area contributed by atoms with Crippen LogP contribution in [0.25, 0.3) is 0 Å². The average Bonchev–Trinajstić information content (AvgIpc) is 3.70. The number of nitrogens with two attached hydrogens (primary N) is 1. The Kier molecular flexibility index (Phi) is 17.8. The van der Waals surface area contributed by atoms with E-state index >= 15 is 0 Å². The summed E-state index contributed by atoms with van der Waals surface area (Å²) in [5, 5.41) is 22.7. The lowest BCUT2D eigenvalue weighted by Crippen LogP contribution is -2.48. The fraction of sp³-hybridized carbons (Fsp3) is 0.529. The zero-order chi connectivity index (χ0) is 32.2. The van der Waals surface area contributed by atoms with Gasteiger partial charge >= 0.3 is 0 Å². The highest BCUT2D eigenvalue weighted by atomic mass is 16.6. The van der Waals surface area contributed by atoms with E-state index in [1.165, 1.54) is 5.57 Å². The van der Waals surface area contributed by atoms with E-state index in [1.54, 1.807) is 12.3 Å². The molecule has 44 heavy (non-hydrogen) atoms. The summed E-state index contributed by atoms with van der Waals surface area (Å²) in [5.74, 6) is 0.112. The molecule has 2 amide bonds. The summed E-state index contributed by atoms with van der Waals surface area (Å²) in [4.78, 5) is 24.6. The average molecular weight is 612 g/mol. The molecule has 0 spiro atoms. The van der Waals surface area contributed by atoms with E-state index < -0.39 is 12.1 Å². The molecule has 1 aromatic carbocycles. The number of benzene rings is 1. The van der Waals surface area contributed by atoms with Crippen LogP contribution in [0.15, 0.2) is 72.2 Å². The third-order valence-corrected chi connectivity index (χ3v) is 7.35. The second-order valence-electron chi connectivity index (χ2n) is 11.0. The number of unbranched alkanes of at least 4 members (excludes halogenated alkanes) is 1. The van der Waals surface area contributed by atoms with Gasteiger partial charge in [0.25, 0.3) is 0 Å². The first-order valence-electron chi connectivity index (χ1n) is 15.7. The zero-order valence-corrected chi connectivity index (χ0v) is 26.7. The van der Waals surface area contributed by atoms with Crippen molar-refractivity contribution in [1.29, 1.82) is 0 Å². The SMILES string of the molecule is C=C/C=C(\C)C1CO1.CC/C=C/N.CNCCCCC(=O)Nc1ccc(CC(NC(=O)C2COCN2)C(O)=C2CCC2)cc1. The molecule has 1 saturated carbocycles. The van der Waals surface area contributed by atoms with Crippen molar-refractivity contribution in [3.8, 4) is 0 Å². The Morgan fingerprint density at radius 3 is 2.43 bits per heavy atom. The van der Waals surface area contributed by atoms with E-state index in [-0.39, 0.29) is 17.6 Å². The molecule has 4 rings (SSSR count). The summed E-state index contributed by atoms with van der Waals surface area (Å²) in [5.41, 5.74) is 8.97. The number of hydrogen-bond donors (Lipinski definition) is 6. The molecule has 3 aliphatic rings. The second kappa shape index (κ2) is 21.3. The number of aliphatic hydroxyl groups excluding tert-OH is 1. The summed E-state index contributed by atoms with van der Waals surface area (Å²) in [7, 11) is 1.90. The Bertz CT molecular complexity index is 1100. The first-order valence-corrected chi connectivity index (χ1v) is 15.7. The molecule has 7 N–H and O–H groups in total. The van der Waals surface area contributed by atoms with Crippen LogP contribution < -0.4 is 27.0 Å². The van der Waals surface area contributed by atoms with Crippen molar-refractivity contribution in [3.05, 3.63) is 77.7 Å². The van der Waals surface area contributed by atoms with E-state index in [1.807, 2.05) is 50.4 Å². The Hall–Kier alpha value is -3.44. The van der Waals surface area contributed by atoms with Crippen LogP contribution in [0.3, 0.4) is 0 Å². The topological polar surface area (TPSA) is 150 Å². The van der Waals surface area contributed by atoms with Crippen molar-refractivity contribution in [2.24, 2.45) is 5.73 Å². The monoisotopic (exact) mass is 611 g/mol. The molecule has 244 valence electrons. The maximum atomic E-state index is 12.5. The highest BCUT2D eigenvalue weighted by Crippen LogP contribution is 2.30. The number of allylic oxidation sites excluding steroid dienone is 4. The van der Waals surface area contributed by atoms with Crippen LogP contribution in [0, 0.1) is 0 Å². The minimum Gasteiger partial charge on any atom is -0.510 e. The number of amides is 2. The Morgan fingerprint density at radius 2 is 1.93 bits per heavy atom. The number of carbonyl (C=O) groups excluding carboxylic acids is 2. The molecule has 1 aromatic rings. The van der Waals surface area contributed by atoms with Gasteiger partial charge in [-0.25, -0.2) is 0 Å². The predicted octanol–water partition coefficient (Wildman–Crippen LogP) is 4.37. The maximum absolute atomic E-state index is 12.5. The van der Waals surface area contributed by atoms with Crippen molar-refractivity contribution in [3.63, 3.8) is 0 Å². The zero-order valence-electron chi connectivity index (χ0n) is 26.7. The van der Waals surface area contributed by atoms with Gasteiger partial charge in [-0.1, -0.05) is 43.9 Å². The molecule has 2 heterocycles. The van der Waals surface area contributed by atoms with Gasteiger partial charge < -0.3 is 36.3 Å². The highest BCUT2D eigenvalue weighted by molar-refractivity contribution is 5.90. The minimum absolute atomic E-state index is 0.00707. The van der Waals surface area contributed by atoms with Crippen LogP contribution in [0.4, 0.5) is 5.69 Å². The molecule has 0 aromatic heterocycles. The lowest BCUT2D eigenvalue weighted by atomic mass is 9.88. The van der Waals surface area contributed by atoms with Crippen LogP contribution in [-0.4, -0.2) is 68.6 Å². The van der Waals surface area contributed by atoms with Crippen molar-refractivity contribution in [2.75, 3.05) is 38.9 Å². The Labute approximate surface area is 263 Å². The normalized spacial score (nSPS) is 19.4. The van der Waals surface area contributed by atoms with E-state index in [9.17, 15) is 14.7 Å². The van der Waals surface area contributed by atoms with Crippen molar-refractivity contribution in [1.82, 2.24) is 16.0 Å². The van der Waals surface area contributed by atoms with Crippen molar-refractivity contribution < 1.29 is 24.2 Å². The largest absolute Gasteiger partial charge is 0.510 e. The fourth-order valence-electron chi connectivity index (χ4n) is 4.42. The smallest absolute Gasteiger partial charge is 0.240 e. The summed E-state index contributed by atoms with van der Waals surface area (Å²) in [6.45, 7) is 10.2. The van der Waals surface area contributed by atoms with Gasteiger partial charge in [-0.05, 0) is 101 Å². The number of nitrogens with one attached hydrogen (secondary N) is 4. The molecule has 3 fully saturated rings. The van der Waals surface area contributed by atoms with E-state index in [0.29, 0.717) is 32.3 Å². The van der Waals surface area contributed by atoms with Gasteiger partial charge in [0.2, 0.25) is 11.8 Å². The molecule has 3 atom stereocenters. The van der Waals surface area contributed by atoms with Crippen molar-refractivity contribution >= 4 is 17.5 Å². The van der Waals surface area contributed by atoms with Crippen LogP contribution >= 0.6 is 0 Å². The second-order valence-corrected chi connectivity index (χ2v) is 11.0. The highest BCUT2D eigenvalue weighted by Gasteiger charge is 2.28. The number of carbonyl (C=O) groups is 2. The van der Waals surface area contributed by atoms with Gasteiger partial charge in [0.15, 0.2) is 0 Å². The number of aliphatic hydroxyl groups is 1. The fourth-order valence-corrected chi connectivity index (χ4v) is 4.42. The Morgan fingerprint density at radius 1 is 1.20 bits per heavy atom. The van der Waals surface area contributed by atoms with Gasteiger partial charge in [-0.15, -0.1) is 0 Å². The molecule has 10 nitrogen and oxygen atoms in total. The third-order valence-electron chi connectivity index (χ3n) is 7.35. The van der Waals surface area contributed by atoms with E-state index in [0.717, 1.165) is 68.5 Å². The summed E-state index contributed by atoms with van der Waals surface area (Å²) >= 11 is 0. The van der Waals surface area contributed by atoms with Crippen LogP contribution in [-0.2, 0) is 25.5 Å². The summed E-state index contributed by atoms with van der Waals surface area (Å²) in [6.07, 6.45) is 14.3. The van der Waals surface area contributed by atoms with Gasteiger partial charge in [-0.3, -0.25) is 14.9 Å². The van der Waals surface area contributed by atoms with E-state index in [4.69, 9.17) is 15.2 Å². The standard InChI is InChI=1S/C23H34N4O4.C7H10O.C4H9N/c1-24-12-3-2-7-21(28)26-18-10-8-16(9-11-18)13-19(22(29)17-5-4-6-17)27-23(30)20-14-31-15-25-20;1-3-4-6(2)7-5-8-7;1-2-3-4-5/h8-11,19-20,24-25,29H,2-7,12-15H2,1H3,(H,26,28)(H,27,30);3-4,7H,1,5H2,2H3;3-4H,2,5H2,1H3/b;6-4+;4-3+. The molecular formula is C34H53N5O5. The first kappa shape index (κ1) is 36.8. The number of anilines is 1. The van der Waals surface area contributed by atoms with Crippen LogP contribution in [0.5, 0.6) is 0 Å². The first-order chi connectivity index (χ1) is 21.3. The van der Waals surface area contributed by atoms with Crippen LogP contribution in [0.1, 0.15) is 64.4 Å². The molecule has 0 radical (unpaired) electrons. The lowest BCUT2D eigenvalue weighted by molar-refractivity contribution is -0.123.